The molecule has 0 spiro atoms. The highest BCUT2D eigenvalue weighted by Gasteiger charge is 2.41. The molecule has 0 saturated carbocycles. The molecule has 3 aliphatic rings. The van der Waals surface area contributed by atoms with E-state index >= 15 is 0 Å². The highest BCUT2D eigenvalue weighted by atomic mass is 16.4. The average Bonchev–Trinajstić information content (AvgIpc) is 3.45. The fourth-order valence-electron chi connectivity index (χ4n) is 8.25. The van der Waals surface area contributed by atoms with Crippen LogP contribution in [0.2, 0.25) is 0 Å². The van der Waals surface area contributed by atoms with Gasteiger partial charge in [-0.1, -0.05) is 101 Å². The van der Waals surface area contributed by atoms with Crippen molar-refractivity contribution < 1.29 is 15.0 Å². The van der Waals surface area contributed by atoms with Gasteiger partial charge in [0.1, 0.15) is 17.9 Å². The summed E-state index contributed by atoms with van der Waals surface area (Å²) >= 11 is 0. The smallest absolute Gasteiger partial charge is 0.326 e. The number of anilines is 1. The van der Waals surface area contributed by atoms with Crippen LogP contribution in [0.25, 0.3) is 5.57 Å². The van der Waals surface area contributed by atoms with Crippen LogP contribution in [0.5, 0.6) is 0 Å². The van der Waals surface area contributed by atoms with Crippen LogP contribution in [0.3, 0.4) is 0 Å². The van der Waals surface area contributed by atoms with Gasteiger partial charge in [0.15, 0.2) is 0 Å². The van der Waals surface area contributed by atoms with Crippen molar-refractivity contribution in [2.45, 2.75) is 131 Å². The lowest BCUT2D eigenvalue weighted by molar-refractivity contribution is -0.139. The van der Waals surface area contributed by atoms with Gasteiger partial charge in [0.2, 0.25) is 0 Å². The normalized spacial score (nSPS) is 19.9. The van der Waals surface area contributed by atoms with E-state index in [4.69, 9.17) is 0 Å². The van der Waals surface area contributed by atoms with Gasteiger partial charge in [-0.3, -0.25) is 0 Å². The van der Waals surface area contributed by atoms with Crippen molar-refractivity contribution in [1.82, 2.24) is 9.89 Å². The van der Waals surface area contributed by atoms with Crippen molar-refractivity contribution in [3.63, 3.8) is 0 Å². The van der Waals surface area contributed by atoms with Gasteiger partial charge in [-0.25, -0.2) is 4.79 Å². The van der Waals surface area contributed by atoms with Crippen LogP contribution >= 0.6 is 0 Å². The minimum Gasteiger partial charge on any atom is -0.480 e. The van der Waals surface area contributed by atoms with Crippen molar-refractivity contribution in [1.29, 1.82) is 0 Å². The van der Waals surface area contributed by atoms with Crippen LogP contribution in [-0.2, 0) is 15.6 Å². The molecular formula is C46H63N3O3. The fraction of sp³-hybridized carbons (Fsp3) is 0.500. The molecule has 2 aromatic carbocycles. The zero-order valence-corrected chi connectivity index (χ0v) is 33.3. The van der Waals surface area contributed by atoms with E-state index in [1.54, 1.807) is 0 Å². The van der Waals surface area contributed by atoms with E-state index in [2.05, 4.69) is 138 Å². The third kappa shape index (κ3) is 7.83. The lowest BCUT2D eigenvalue weighted by Crippen LogP contribution is -2.38. The van der Waals surface area contributed by atoms with Gasteiger partial charge in [-0.2, -0.15) is 0 Å². The summed E-state index contributed by atoms with van der Waals surface area (Å²) in [6, 6.07) is 14.1. The molecule has 6 heteroatoms. The van der Waals surface area contributed by atoms with E-state index in [0.717, 1.165) is 74.9 Å². The van der Waals surface area contributed by atoms with Crippen LogP contribution in [-0.4, -0.2) is 41.9 Å². The van der Waals surface area contributed by atoms with Crippen LogP contribution in [0.4, 0.5) is 5.69 Å². The largest absolute Gasteiger partial charge is 0.480 e. The molecule has 2 aliphatic heterocycles. The van der Waals surface area contributed by atoms with Gasteiger partial charge >= 0.3 is 5.97 Å². The number of fused-ring (bicyclic) bond motifs is 2. The summed E-state index contributed by atoms with van der Waals surface area (Å²) in [6.45, 7) is 22.0. The van der Waals surface area contributed by atoms with Gasteiger partial charge in [0.05, 0.1) is 6.04 Å². The number of nitrogens with one attached hydrogen (secondary N) is 1. The van der Waals surface area contributed by atoms with Crippen molar-refractivity contribution in [3.8, 4) is 0 Å². The van der Waals surface area contributed by atoms with Gasteiger partial charge in [0.25, 0.3) is 0 Å². The molecule has 1 atom stereocenters. The van der Waals surface area contributed by atoms with E-state index in [-0.39, 0.29) is 23.9 Å². The van der Waals surface area contributed by atoms with Crippen molar-refractivity contribution in [2.24, 2.45) is 0 Å². The number of rotatable bonds is 14. The first-order chi connectivity index (χ1) is 24.8. The summed E-state index contributed by atoms with van der Waals surface area (Å²) in [5.74, 6) is -0.951. The maximum atomic E-state index is 12.5. The number of hydrogen-bond acceptors (Lipinski definition) is 4. The number of aliphatic hydroxyl groups excluding tert-OH is 1. The summed E-state index contributed by atoms with van der Waals surface area (Å²) in [7, 11) is 0. The average molecular weight is 706 g/mol. The summed E-state index contributed by atoms with van der Waals surface area (Å²) < 4.78 is 2.50. The first kappa shape index (κ1) is 39.2. The molecule has 5 rings (SSSR count). The zero-order valence-electron chi connectivity index (χ0n) is 33.3. The Hall–Kier alpha value is -4.03. The molecule has 1 aliphatic carbocycles. The number of aliphatic hydroxyl groups is 1. The molecule has 0 radical (unpaired) electrons. The lowest BCUT2D eigenvalue weighted by Gasteiger charge is -2.31. The second kappa shape index (κ2) is 16.3. The summed E-state index contributed by atoms with van der Waals surface area (Å²) in [5, 5.41) is 26.0. The molecule has 6 nitrogen and oxygen atoms in total. The summed E-state index contributed by atoms with van der Waals surface area (Å²) in [4.78, 5) is 14.9. The fourth-order valence-corrected chi connectivity index (χ4v) is 8.25. The predicted molar refractivity (Wildman–Crippen MR) is 217 cm³/mol. The molecule has 0 aromatic heterocycles. The van der Waals surface area contributed by atoms with Crippen LogP contribution in [0.15, 0.2) is 83.2 Å². The van der Waals surface area contributed by atoms with Gasteiger partial charge in [0, 0.05) is 53.9 Å². The molecule has 2 heterocycles. The number of benzene rings is 2. The van der Waals surface area contributed by atoms with Gasteiger partial charge in [-0.05, 0) is 86.6 Å². The molecule has 0 fully saturated rings. The minimum atomic E-state index is -0.951. The Kier molecular flexibility index (Phi) is 12.3. The third-order valence-electron chi connectivity index (χ3n) is 11.4. The molecule has 280 valence electrons. The Morgan fingerprint density at radius 1 is 1.02 bits per heavy atom. The molecule has 1 unspecified atom stereocenters. The topological polar surface area (TPSA) is 75.8 Å². The Morgan fingerprint density at radius 2 is 1.77 bits per heavy atom. The van der Waals surface area contributed by atoms with E-state index in [0.29, 0.717) is 0 Å². The predicted octanol–water partition coefficient (Wildman–Crippen LogP) is 8.13. The van der Waals surface area contributed by atoms with Crippen molar-refractivity contribution in [3.05, 3.63) is 117 Å². The Balaban J connectivity index is 1.62. The monoisotopic (exact) mass is 705 g/mol. The van der Waals surface area contributed by atoms with Gasteiger partial charge in [-0.15, -0.1) is 12.2 Å². The quantitative estimate of drug-likeness (QED) is 0.137. The number of carboxylic acids is 1. The summed E-state index contributed by atoms with van der Waals surface area (Å²) in [6.07, 6.45) is 16.3. The zero-order chi connectivity index (χ0) is 37.8. The first-order valence-corrected chi connectivity index (χ1v) is 19.7. The van der Waals surface area contributed by atoms with Crippen LogP contribution in [0, 0.1) is 13.0 Å². The van der Waals surface area contributed by atoms with Crippen LogP contribution < -0.4 is 25.4 Å². The maximum Gasteiger partial charge on any atom is 0.326 e. The minimum absolute atomic E-state index is 0.136. The second-order valence-electron chi connectivity index (χ2n) is 16.3. The first-order valence-electron chi connectivity index (χ1n) is 19.7. The van der Waals surface area contributed by atoms with Crippen molar-refractivity contribution in [2.75, 3.05) is 24.6 Å². The Morgan fingerprint density at radius 3 is 2.44 bits per heavy atom. The summed E-state index contributed by atoms with van der Waals surface area (Å²) in [5.41, 5.74) is 10.6. The molecule has 0 saturated heterocycles. The van der Waals surface area contributed by atoms with E-state index in [1.807, 2.05) is 0 Å². The van der Waals surface area contributed by atoms with Crippen molar-refractivity contribution >= 4 is 17.2 Å². The molecule has 52 heavy (non-hydrogen) atoms. The number of nitrogens with zero attached hydrogens (tertiary/aromatic N) is 2. The molecule has 2 aromatic rings. The number of aryl methyl sites for hydroxylation is 1. The third-order valence-corrected chi connectivity index (χ3v) is 11.4. The molecule has 0 bridgehead atoms. The number of carbonyl (C=O) groups is 1. The number of unbranched alkanes of at least 4 members (excludes halogenated alkanes) is 2. The highest BCUT2D eigenvalue weighted by Crippen LogP contribution is 2.48. The van der Waals surface area contributed by atoms with Gasteiger partial charge < -0.3 is 25.0 Å². The molecular weight excluding hydrogens is 643 g/mol. The van der Waals surface area contributed by atoms with E-state index in [9.17, 15) is 15.0 Å². The van der Waals surface area contributed by atoms with E-state index < -0.39 is 12.0 Å². The SMILES string of the molecule is CCCCN1C(=CC=C2CCCC(C=C[C-]3[N+](CCCC)=c4ccc(=C(C)C)cc4C3(C)C)=C2NC(CCO)C(=O)O)C(C)(C)c2cc(C)ccc21. The molecule has 3 N–H and O–H groups in total. The van der Waals surface area contributed by atoms with E-state index in [1.165, 1.54) is 50.3 Å². The second-order valence-corrected chi connectivity index (χ2v) is 16.3. The number of hydrogen-bond donors (Lipinski definition) is 3. The number of aliphatic carboxylic acids is 1. The highest BCUT2D eigenvalue weighted by molar-refractivity contribution is 5.74. The van der Waals surface area contributed by atoms with Crippen LogP contribution in [0.1, 0.15) is 123 Å². The standard InChI is InChI=1S/C46H63N3O3/c1-10-12-26-48-39-21-17-32(5)29-36(39)45(6,7)41(48)23-19-33-15-14-16-34(43(33)47-38(25-28-50)44(51)52)20-24-42-46(8,9)37-30-35(31(3)4)18-22-40(37)49(42)27-13-11-2/h17-24,29-30,38,47,50H,10-16,25-28H2,1-9H3,(H,51,52). The number of carboxylic acid groups (broad SMARTS) is 1. The lowest BCUT2D eigenvalue weighted by atomic mass is 9.79. The molecule has 0 amide bonds. The number of allylic oxidation sites excluding steroid dienone is 6. The Bertz CT molecular complexity index is 1900. The maximum absolute atomic E-state index is 12.5. The Labute approximate surface area is 313 Å².